The number of hydrogen-bond acceptors (Lipinski definition) is 5. The Bertz CT molecular complexity index is 890. The van der Waals surface area contributed by atoms with Crippen LogP contribution in [0.5, 0.6) is 5.75 Å². The molecule has 0 spiro atoms. The van der Waals surface area contributed by atoms with Crippen LogP contribution in [0.15, 0.2) is 34.7 Å². The van der Waals surface area contributed by atoms with E-state index in [1.54, 1.807) is 25.3 Å². The number of benzene rings is 1. The molecule has 9 heteroatoms. The summed E-state index contributed by atoms with van der Waals surface area (Å²) in [5.74, 6) is -1.01. The van der Waals surface area contributed by atoms with Gasteiger partial charge in [-0.05, 0) is 49.7 Å². The monoisotopic (exact) mass is 437 g/mol. The molecule has 0 amide bonds. The Labute approximate surface area is 177 Å². The first-order valence-corrected chi connectivity index (χ1v) is 10.5. The van der Waals surface area contributed by atoms with Gasteiger partial charge in [-0.25, -0.2) is 5.01 Å². The number of nitrogens with zero attached hydrogens (tertiary/aromatic N) is 3. The van der Waals surface area contributed by atoms with Crippen molar-refractivity contribution in [2.24, 2.45) is 11.0 Å². The number of hydrazone groups is 1. The first-order chi connectivity index (χ1) is 13.4. The SMILES string of the molecule is CC=NN(C(=S)N1CCC(C(=O)O)CC1)c1csc(-c2ccc(Cl)cc2)c1O. The summed E-state index contributed by atoms with van der Waals surface area (Å²) in [6.45, 7) is 2.86. The minimum atomic E-state index is -0.767. The predicted molar refractivity (Wildman–Crippen MR) is 118 cm³/mol. The fourth-order valence-corrected chi connectivity index (χ4v) is 4.46. The summed E-state index contributed by atoms with van der Waals surface area (Å²) in [7, 11) is 0. The van der Waals surface area contributed by atoms with Crippen LogP contribution in [0.2, 0.25) is 5.02 Å². The lowest BCUT2D eigenvalue weighted by molar-refractivity contribution is -0.143. The molecule has 2 N–H and O–H groups in total. The molecule has 28 heavy (non-hydrogen) atoms. The number of carboxylic acid groups (broad SMARTS) is 1. The number of carboxylic acids is 1. The van der Waals surface area contributed by atoms with Gasteiger partial charge < -0.3 is 15.1 Å². The second-order valence-corrected chi connectivity index (χ2v) is 8.05. The van der Waals surface area contributed by atoms with Crippen LogP contribution in [-0.2, 0) is 4.79 Å². The zero-order chi connectivity index (χ0) is 20.3. The van der Waals surface area contributed by atoms with Crippen molar-refractivity contribution in [3.05, 3.63) is 34.7 Å². The molecule has 1 fully saturated rings. The van der Waals surface area contributed by atoms with E-state index in [4.69, 9.17) is 23.8 Å². The Kier molecular flexibility index (Phi) is 6.53. The van der Waals surface area contributed by atoms with Gasteiger partial charge in [-0.15, -0.1) is 11.3 Å². The highest BCUT2D eigenvalue weighted by Gasteiger charge is 2.29. The van der Waals surface area contributed by atoms with Gasteiger partial charge in [-0.1, -0.05) is 23.7 Å². The second-order valence-electron chi connectivity index (χ2n) is 6.37. The molecule has 2 aromatic rings. The Balaban J connectivity index is 1.84. The molecule has 1 aromatic carbocycles. The Morgan fingerprint density at radius 3 is 2.57 bits per heavy atom. The standard InChI is InChI=1S/C19H20ClN3O3S2/c1-2-21-23(19(27)22-9-7-13(8-10-22)18(25)26)15-11-28-17(16(15)24)12-3-5-14(20)6-4-12/h2-6,11,13,24H,7-10H2,1H3,(H,25,26). The normalized spacial score (nSPS) is 15.1. The molecule has 0 aliphatic carbocycles. The number of carbonyl (C=O) groups is 1. The molecule has 2 heterocycles. The zero-order valence-corrected chi connectivity index (χ0v) is 17.6. The molecule has 3 rings (SSSR count). The third-order valence-corrected chi connectivity index (χ3v) is 6.30. The van der Waals surface area contributed by atoms with Gasteiger partial charge in [0.05, 0.1) is 10.8 Å². The summed E-state index contributed by atoms with van der Waals surface area (Å²) in [5.41, 5.74) is 1.35. The minimum Gasteiger partial charge on any atom is -0.504 e. The quantitative estimate of drug-likeness (QED) is 0.411. The highest BCUT2D eigenvalue weighted by molar-refractivity contribution is 7.80. The van der Waals surface area contributed by atoms with E-state index in [0.717, 1.165) is 5.56 Å². The average molecular weight is 438 g/mol. The summed E-state index contributed by atoms with van der Waals surface area (Å²) in [4.78, 5) is 13.8. The highest BCUT2D eigenvalue weighted by atomic mass is 35.5. The molecular formula is C19H20ClN3O3S2. The molecule has 0 bridgehead atoms. The molecule has 0 saturated carbocycles. The first kappa shape index (κ1) is 20.6. The van der Waals surface area contributed by atoms with Gasteiger partial charge in [0.1, 0.15) is 5.69 Å². The molecule has 148 valence electrons. The lowest BCUT2D eigenvalue weighted by Gasteiger charge is -2.35. The number of anilines is 1. The van der Waals surface area contributed by atoms with Crippen molar-refractivity contribution in [2.75, 3.05) is 18.1 Å². The van der Waals surface area contributed by atoms with E-state index in [1.807, 2.05) is 22.4 Å². The van der Waals surface area contributed by atoms with Gasteiger partial charge >= 0.3 is 5.97 Å². The lowest BCUT2D eigenvalue weighted by atomic mass is 9.97. The third kappa shape index (κ3) is 4.29. The van der Waals surface area contributed by atoms with E-state index in [0.29, 0.717) is 46.6 Å². The number of thiocarbonyl (C=S) groups is 1. The number of thiophene rings is 1. The van der Waals surface area contributed by atoms with E-state index in [-0.39, 0.29) is 11.7 Å². The minimum absolute atomic E-state index is 0.0979. The zero-order valence-electron chi connectivity index (χ0n) is 15.2. The maximum atomic E-state index is 11.2. The van der Waals surface area contributed by atoms with Gasteiger partial charge in [-0.2, -0.15) is 5.10 Å². The van der Waals surface area contributed by atoms with Gasteiger partial charge in [0.25, 0.3) is 0 Å². The van der Waals surface area contributed by atoms with Crippen molar-refractivity contribution in [1.82, 2.24) is 4.90 Å². The van der Waals surface area contributed by atoms with E-state index in [9.17, 15) is 15.0 Å². The van der Waals surface area contributed by atoms with Gasteiger partial charge in [0.2, 0.25) is 0 Å². The van der Waals surface area contributed by atoms with Crippen LogP contribution in [0.3, 0.4) is 0 Å². The highest BCUT2D eigenvalue weighted by Crippen LogP contribution is 2.44. The third-order valence-electron chi connectivity index (χ3n) is 4.61. The van der Waals surface area contributed by atoms with E-state index in [1.165, 1.54) is 16.3 Å². The predicted octanol–water partition coefficient (Wildman–Crippen LogP) is 4.67. The van der Waals surface area contributed by atoms with E-state index >= 15 is 0 Å². The van der Waals surface area contributed by atoms with Gasteiger partial charge in [-0.3, -0.25) is 4.79 Å². The summed E-state index contributed by atoms with van der Waals surface area (Å²) >= 11 is 13.0. The molecule has 1 aromatic heterocycles. The Morgan fingerprint density at radius 1 is 1.36 bits per heavy atom. The van der Waals surface area contributed by atoms with E-state index < -0.39 is 5.97 Å². The maximum Gasteiger partial charge on any atom is 0.306 e. The van der Waals surface area contributed by atoms with Crippen LogP contribution in [0, 0.1) is 5.92 Å². The van der Waals surface area contributed by atoms with Crippen LogP contribution < -0.4 is 5.01 Å². The maximum absolute atomic E-state index is 11.2. The number of rotatable bonds is 4. The van der Waals surface area contributed by atoms with Crippen LogP contribution >= 0.6 is 35.2 Å². The Hall–Kier alpha value is -2.16. The molecular weight excluding hydrogens is 418 g/mol. The van der Waals surface area contributed by atoms with Crippen LogP contribution in [-0.4, -0.2) is 45.5 Å². The van der Waals surface area contributed by atoms with Crippen molar-refractivity contribution in [2.45, 2.75) is 19.8 Å². The van der Waals surface area contributed by atoms with E-state index in [2.05, 4.69) is 5.10 Å². The molecule has 1 aliphatic rings. The number of hydrogen-bond donors (Lipinski definition) is 2. The van der Waals surface area contributed by atoms with Crippen molar-refractivity contribution >= 4 is 58.1 Å². The molecule has 0 atom stereocenters. The van der Waals surface area contributed by atoms with Gasteiger partial charge in [0.15, 0.2) is 10.9 Å². The Morgan fingerprint density at radius 2 is 2.00 bits per heavy atom. The first-order valence-electron chi connectivity index (χ1n) is 8.79. The van der Waals surface area contributed by atoms with Crippen molar-refractivity contribution in [3.8, 4) is 16.2 Å². The number of likely N-dealkylation sites (tertiary alicyclic amines) is 1. The fraction of sp³-hybridized carbons (Fsp3) is 0.316. The largest absolute Gasteiger partial charge is 0.504 e. The molecule has 1 saturated heterocycles. The lowest BCUT2D eigenvalue weighted by Crippen LogP contribution is -2.45. The molecule has 1 aliphatic heterocycles. The van der Waals surface area contributed by atoms with Crippen LogP contribution in [0.4, 0.5) is 5.69 Å². The van der Waals surface area contributed by atoms with Crippen molar-refractivity contribution in [3.63, 3.8) is 0 Å². The number of aromatic hydroxyl groups is 1. The van der Waals surface area contributed by atoms with Crippen molar-refractivity contribution < 1.29 is 15.0 Å². The van der Waals surface area contributed by atoms with Gasteiger partial charge in [0, 0.05) is 29.7 Å². The summed E-state index contributed by atoms with van der Waals surface area (Å²) < 4.78 is 0. The fourth-order valence-electron chi connectivity index (χ4n) is 3.08. The summed E-state index contributed by atoms with van der Waals surface area (Å²) in [6, 6.07) is 7.24. The number of piperidine rings is 1. The average Bonchev–Trinajstić information content (AvgIpc) is 3.07. The van der Waals surface area contributed by atoms with Crippen LogP contribution in [0.25, 0.3) is 10.4 Å². The van der Waals surface area contributed by atoms with Crippen molar-refractivity contribution in [1.29, 1.82) is 0 Å². The molecule has 0 unspecified atom stereocenters. The summed E-state index contributed by atoms with van der Waals surface area (Å²) in [5, 5.41) is 28.7. The molecule has 6 nitrogen and oxygen atoms in total. The topological polar surface area (TPSA) is 76.4 Å². The van der Waals surface area contributed by atoms with Crippen LogP contribution in [0.1, 0.15) is 19.8 Å². The smallest absolute Gasteiger partial charge is 0.306 e. The second kappa shape index (κ2) is 8.89. The summed E-state index contributed by atoms with van der Waals surface area (Å²) in [6.07, 6.45) is 2.67. The number of aliphatic carboxylic acids is 1. The number of halogens is 1. The molecule has 0 radical (unpaired) electrons.